The van der Waals surface area contributed by atoms with Crippen molar-refractivity contribution in [1.82, 2.24) is 0 Å². The van der Waals surface area contributed by atoms with Crippen LogP contribution in [0.1, 0.15) is 40.0 Å². The van der Waals surface area contributed by atoms with Crippen LogP contribution < -0.4 is 10.1 Å². The lowest BCUT2D eigenvalue weighted by Gasteiger charge is -2.30. The molecule has 0 aromatic heterocycles. The molecule has 0 heterocycles. The van der Waals surface area contributed by atoms with Crippen molar-refractivity contribution in [2.75, 3.05) is 5.32 Å². The van der Waals surface area contributed by atoms with E-state index in [1.54, 1.807) is 0 Å². The van der Waals surface area contributed by atoms with E-state index in [0.29, 0.717) is 11.6 Å². The SMILES string of the molecule is CC1CCC(C(=O)Nc2cccc(OC(C)C)c2)C(C=O)C1. The van der Waals surface area contributed by atoms with Gasteiger partial charge >= 0.3 is 0 Å². The van der Waals surface area contributed by atoms with Crippen molar-refractivity contribution in [3.8, 4) is 5.75 Å². The Kier molecular flexibility index (Phi) is 5.58. The van der Waals surface area contributed by atoms with E-state index in [1.807, 2.05) is 38.1 Å². The van der Waals surface area contributed by atoms with E-state index in [9.17, 15) is 9.59 Å². The zero-order valence-corrected chi connectivity index (χ0v) is 13.5. The number of carbonyl (C=O) groups is 2. The predicted octanol–water partition coefficient (Wildman–Crippen LogP) is 3.66. The summed E-state index contributed by atoms with van der Waals surface area (Å²) < 4.78 is 5.63. The van der Waals surface area contributed by atoms with Gasteiger partial charge in [0.15, 0.2) is 0 Å². The van der Waals surface area contributed by atoms with Gasteiger partial charge in [-0.15, -0.1) is 0 Å². The number of nitrogens with one attached hydrogen (secondary N) is 1. The molecule has 1 saturated carbocycles. The highest BCUT2D eigenvalue weighted by Gasteiger charge is 2.33. The summed E-state index contributed by atoms with van der Waals surface area (Å²) >= 11 is 0. The van der Waals surface area contributed by atoms with Gasteiger partial charge in [-0.1, -0.05) is 13.0 Å². The zero-order chi connectivity index (χ0) is 16.1. The molecule has 0 bridgehead atoms. The normalized spacial score (nSPS) is 24.8. The quantitative estimate of drug-likeness (QED) is 0.844. The summed E-state index contributed by atoms with van der Waals surface area (Å²) in [4.78, 5) is 23.7. The maximum atomic E-state index is 12.5. The number of rotatable bonds is 5. The van der Waals surface area contributed by atoms with Gasteiger partial charge in [0.2, 0.25) is 5.91 Å². The molecule has 0 aliphatic heterocycles. The minimum atomic E-state index is -0.219. The monoisotopic (exact) mass is 303 g/mol. The number of amides is 1. The van der Waals surface area contributed by atoms with Crippen LogP contribution in [-0.2, 0) is 9.59 Å². The molecular weight excluding hydrogens is 278 g/mol. The molecule has 1 aromatic rings. The van der Waals surface area contributed by atoms with Crippen molar-refractivity contribution in [3.05, 3.63) is 24.3 Å². The fraction of sp³-hybridized carbons (Fsp3) is 0.556. The largest absolute Gasteiger partial charge is 0.491 e. The van der Waals surface area contributed by atoms with Crippen LogP contribution in [0.25, 0.3) is 0 Å². The molecule has 22 heavy (non-hydrogen) atoms. The number of hydrogen-bond acceptors (Lipinski definition) is 3. The molecule has 1 aliphatic rings. The molecule has 1 aliphatic carbocycles. The summed E-state index contributed by atoms with van der Waals surface area (Å²) in [5, 5.41) is 2.93. The third-order valence-corrected chi connectivity index (χ3v) is 4.15. The van der Waals surface area contributed by atoms with Gasteiger partial charge < -0.3 is 14.8 Å². The molecule has 0 spiro atoms. The second kappa shape index (κ2) is 7.43. The van der Waals surface area contributed by atoms with Crippen LogP contribution in [0.2, 0.25) is 0 Å². The van der Waals surface area contributed by atoms with Crippen molar-refractivity contribution in [2.24, 2.45) is 17.8 Å². The Balaban J connectivity index is 2.03. The van der Waals surface area contributed by atoms with E-state index in [-0.39, 0.29) is 23.8 Å². The zero-order valence-electron chi connectivity index (χ0n) is 13.5. The molecule has 1 aromatic carbocycles. The Morgan fingerprint density at radius 1 is 1.36 bits per heavy atom. The Labute approximate surface area is 132 Å². The summed E-state index contributed by atoms with van der Waals surface area (Å²) in [5.74, 6) is 0.798. The molecule has 120 valence electrons. The number of ether oxygens (including phenoxy) is 1. The number of carbonyl (C=O) groups excluding carboxylic acids is 2. The average molecular weight is 303 g/mol. The molecule has 1 N–H and O–H groups in total. The van der Waals surface area contributed by atoms with Crippen LogP contribution in [0.5, 0.6) is 5.75 Å². The van der Waals surface area contributed by atoms with Crippen LogP contribution in [0.3, 0.4) is 0 Å². The summed E-state index contributed by atoms with van der Waals surface area (Å²) in [7, 11) is 0. The summed E-state index contributed by atoms with van der Waals surface area (Å²) in [5.41, 5.74) is 0.714. The highest BCUT2D eigenvalue weighted by molar-refractivity contribution is 5.94. The predicted molar refractivity (Wildman–Crippen MR) is 86.9 cm³/mol. The lowest BCUT2D eigenvalue weighted by Crippen LogP contribution is -2.34. The van der Waals surface area contributed by atoms with Crippen LogP contribution in [0.4, 0.5) is 5.69 Å². The van der Waals surface area contributed by atoms with E-state index in [2.05, 4.69) is 12.2 Å². The summed E-state index contributed by atoms with van der Waals surface area (Å²) in [6.07, 6.45) is 3.61. The topological polar surface area (TPSA) is 55.4 Å². The third kappa shape index (κ3) is 4.33. The van der Waals surface area contributed by atoms with Gasteiger partial charge in [0.25, 0.3) is 0 Å². The molecule has 1 fully saturated rings. The lowest BCUT2D eigenvalue weighted by molar-refractivity contribution is -0.127. The molecule has 2 rings (SSSR count). The maximum absolute atomic E-state index is 12.5. The first kappa shape index (κ1) is 16.5. The third-order valence-electron chi connectivity index (χ3n) is 4.15. The standard InChI is InChI=1S/C18H25NO3/c1-12(2)22-16-6-4-5-15(10-16)19-18(21)17-8-7-13(3)9-14(17)11-20/h4-6,10-14,17H,7-9H2,1-3H3,(H,19,21). The fourth-order valence-corrected chi connectivity index (χ4v) is 3.06. The van der Waals surface area contributed by atoms with Crippen LogP contribution in [0, 0.1) is 17.8 Å². The minimum Gasteiger partial charge on any atom is -0.491 e. The van der Waals surface area contributed by atoms with Crippen molar-refractivity contribution >= 4 is 17.9 Å². The smallest absolute Gasteiger partial charge is 0.228 e. The molecule has 0 radical (unpaired) electrons. The minimum absolute atomic E-state index is 0.0642. The van der Waals surface area contributed by atoms with Crippen molar-refractivity contribution in [1.29, 1.82) is 0 Å². The highest BCUT2D eigenvalue weighted by atomic mass is 16.5. The van der Waals surface area contributed by atoms with Crippen LogP contribution in [0.15, 0.2) is 24.3 Å². The summed E-state index contributed by atoms with van der Waals surface area (Å²) in [6, 6.07) is 7.38. The second-order valence-electron chi connectivity index (χ2n) is 6.51. The van der Waals surface area contributed by atoms with Gasteiger partial charge in [-0.2, -0.15) is 0 Å². The molecular formula is C18H25NO3. The van der Waals surface area contributed by atoms with E-state index in [0.717, 1.165) is 31.3 Å². The number of hydrogen-bond donors (Lipinski definition) is 1. The average Bonchev–Trinajstić information content (AvgIpc) is 2.46. The van der Waals surface area contributed by atoms with Gasteiger partial charge in [-0.3, -0.25) is 4.79 Å². The van der Waals surface area contributed by atoms with Gasteiger partial charge in [-0.05, 0) is 51.2 Å². The Morgan fingerprint density at radius 3 is 2.82 bits per heavy atom. The van der Waals surface area contributed by atoms with Crippen molar-refractivity contribution in [2.45, 2.75) is 46.1 Å². The van der Waals surface area contributed by atoms with Crippen molar-refractivity contribution in [3.63, 3.8) is 0 Å². The molecule has 4 nitrogen and oxygen atoms in total. The highest BCUT2D eigenvalue weighted by Crippen LogP contribution is 2.33. The van der Waals surface area contributed by atoms with E-state index in [4.69, 9.17) is 4.74 Å². The number of aldehydes is 1. The Bertz CT molecular complexity index is 527. The Morgan fingerprint density at radius 2 is 2.14 bits per heavy atom. The number of benzene rings is 1. The number of anilines is 1. The molecule has 4 heteroatoms. The molecule has 0 saturated heterocycles. The first-order valence-electron chi connectivity index (χ1n) is 8.02. The van der Waals surface area contributed by atoms with E-state index < -0.39 is 0 Å². The summed E-state index contributed by atoms with van der Waals surface area (Å²) in [6.45, 7) is 6.06. The van der Waals surface area contributed by atoms with Crippen LogP contribution in [-0.4, -0.2) is 18.3 Å². The molecule has 3 atom stereocenters. The molecule has 1 amide bonds. The first-order chi connectivity index (χ1) is 10.5. The van der Waals surface area contributed by atoms with Gasteiger partial charge in [0, 0.05) is 23.6 Å². The molecule has 3 unspecified atom stereocenters. The van der Waals surface area contributed by atoms with E-state index in [1.165, 1.54) is 0 Å². The van der Waals surface area contributed by atoms with E-state index >= 15 is 0 Å². The fourth-order valence-electron chi connectivity index (χ4n) is 3.06. The maximum Gasteiger partial charge on any atom is 0.228 e. The van der Waals surface area contributed by atoms with Gasteiger partial charge in [0.05, 0.1) is 6.10 Å². The lowest BCUT2D eigenvalue weighted by atomic mass is 9.75. The first-order valence-corrected chi connectivity index (χ1v) is 8.02. The van der Waals surface area contributed by atoms with Gasteiger partial charge in [-0.25, -0.2) is 0 Å². The second-order valence-corrected chi connectivity index (χ2v) is 6.51. The van der Waals surface area contributed by atoms with Gasteiger partial charge in [0.1, 0.15) is 12.0 Å². The van der Waals surface area contributed by atoms with Crippen LogP contribution >= 0.6 is 0 Å². The van der Waals surface area contributed by atoms with Crippen molar-refractivity contribution < 1.29 is 14.3 Å². The Hall–Kier alpha value is -1.84.